The Hall–Kier alpha value is -2.73. The van der Waals surface area contributed by atoms with E-state index in [9.17, 15) is 27.5 Å². The molecule has 0 aliphatic carbocycles. The minimum atomic E-state index is -4.64. The number of thiazole rings is 1. The average molecular weight is 491 g/mol. The third-order valence-electron chi connectivity index (χ3n) is 4.15. The zero-order chi connectivity index (χ0) is 24.1. The van der Waals surface area contributed by atoms with Crippen LogP contribution in [0, 0.1) is 5.82 Å². The summed E-state index contributed by atoms with van der Waals surface area (Å²) in [6, 6.07) is 2.10. The molecular formula is C20H22F4N4O2S2. The smallest absolute Gasteiger partial charge is 0.416 e. The Balaban J connectivity index is 1.92. The fourth-order valence-electron chi connectivity index (χ4n) is 2.30. The van der Waals surface area contributed by atoms with E-state index in [1.54, 1.807) is 13.8 Å². The number of nitrogens with two attached hydrogens (primary N) is 2. The predicted octanol–water partition coefficient (Wildman–Crippen LogP) is 4.19. The van der Waals surface area contributed by atoms with Crippen molar-refractivity contribution in [2.75, 3.05) is 6.54 Å². The molecule has 0 bridgehead atoms. The second-order valence-corrected chi connectivity index (χ2v) is 9.86. The van der Waals surface area contributed by atoms with Gasteiger partial charge in [-0.3, -0.25) is 4.79 Å². The number of nitrogens with zero attached hydrogens (tertiary/aromatic N) is 1. The van der Waals surface area contributed by atoms with E-state index < -0.39 is 28.3 Å². The minimum absolute atomic E-state index is 0.0804. The van der Waals surface area contributed by atoms with Gasteiger partial charge in [0.1, 0.15) is 10.6 Å². The molecule has 0 atom stereocenters. The van der Waals surface area contributed by atoms with Gasteiger partial charge in [-0.15, -0.1) is 11.3 Å². The maximum absolute atomic E-state index is 14.0. The Kier molecular flexibility index (Phi) is 8.18. The third-order valence-corrected chi connectivity index (χ3v) is 6.32. The lowest BCUT2D eigenvalue weighted by molar-refractivity contribution is -0.139. The summed E-state index contributed by atoms with van der Waals surface area (Å²) >= 11 is 2.51. The molecule has 0 fully saturated rings. The molecule has 12 heteroatoms. The minimum Gasteiger partial charge on any atom is -0.480 e. The van der Waals surface area contributed by atoms with Crippen molar-refractivity contribution in [3.05, 3.63) is 64.2 Å². The van der Waals surface area contributed by atoms with Crippen molar-refractivity contribution >= 4 is 34.8 Å². The summed E-state index contributed by atoms with van der Waals surface area (Å²) in [6.45, 7) is 3.62. The highest BCUT2D eigenvalue weighted by Crippen LogP contribution is 2.34. The van der Waals surface area contributed by atoms with Crippen LogP contribution in [0.25, 0.3) is 5.70 Å². The van der Waals surface area contributed by atoms with E-state index in [0.29, 0.717) is 23.4 Å². The number of halogens is 4. The van der Waals surface area contributed by atoms with Crippen molar-refractivity contribution in [2.45, 2.75) is 35.5 Å². The second kappa shape index (κ2) is 10.3. The van der Waals surface area contributed by atoms with Crippen molar-refractivity contribution in [1.29, 1.82) is 0 Å². The Bertz CT molecular complexity index is 1030. The van der Waals surface area contributed by atoms with Gasteiger partial charge in [-0.05, 0) is 44.2 Å². The van der Waals surface area contributed by atoms with E-state index >= 15 is 0 Å². The maximum atomic E-state index is 14.0. The molecule has 0 aliphatic rings. The number of alkyl halides is 3. The predicted molar refractivity (Wildman–Crippen MR) is 117 cm³/mol. The van der Waals surface area contributed by atoms with Crippen molar-refractivity contribution < 1.29 is 27.5 Å². The first-order valence-electron chi connectivity index (χ1n) is 9.20. The number of hydrogen-bond acceptors (Lipinski definition) is 7. The van der Waals surface area contributed by atoms with Crippen LogP contribution in [0.2, 0.25) is 0 Å². The van der Waals surface area contributed by atoms with E-state index in [2.05, 4.69) is 10.3 Å². The molecule has 1 aromatic carbocycles. The van der Waals surface area contributed by atoms with E-state index in [0.717, 1.165) is 29.6 Å². The molecule has 1 aromatic heterocycles. The number of carboxylic acid groups (broad SMARTS) is 1. The molecule has 6 N–H and O–H groups in total. The van der Waals surface area contributed by atoms with Crippen molar-refractivity contribution in [3.8, 4) is 0 Å². The topological polar surface area (TPSA) is 114 Å². The SMILES string of the molecule is CC(C)(Sc1nc(CCN/C(N)=C/C=C(\N)c2ccc(C(F)(F)F)cc2F)cs1)C(=O)O. The molecule has 32 heavy (non-hydrogen) atoms. The van der Waals surface area contributed by atoms with Crippen LogP contribution >= 0.6 is 23.1 Å². The van der Waals surface area contributed by atoms with Gasteiger partial charge in [0.05, 0.1) is 17.1 Å². The quantitative estimate of drug-likeness (QED) is 0.237. The first-order valence-corrected chi connectivity index (χ1v) is 10.9. The van der Waals surface area contributed by atoms with Gasteiger partial charge in [-0.1, -0.05) is 11.8 Å². The van der Waals surface area contributed by atoms with Gasteiger partial charge in [0.15, 0.2) is 4.34 Å². The molecule has 0 saturated carbocycles. The number of carbonyl (C=O) groups is 1. The molecule has 0 radical (unpaired) electrons. The van der Waals surface area contributed by atoms with Crippen LogP contribution in [-0.4, -0.2) is 27.4 Å². The van der Waals surface area contributed by atoms with Crippen LogP contribution < -0.4 is 16.8 Å². The van der Waals surface area contributed by atoms with Crippen LogP contribution in [0.5, 0.6) is 0 Å². The molecular weight excluding hydrogens is 468 g/mol. The standard InChI is InChI=1S/C20H22F4N4O2S2/c1-19(2,17(29)30)32-18-28-12(10-31-18)7-8-27-16(26)6-5-15(25)13-4-3-11(9-14(13)21)20(22,23)24/h3-6,9-10,27H,7-8,25-26H2,1-2H3,(H,29,30)/b15-5-,16-6+. The van der Waals surface area contributed by atoms with Gasteiger partial charge < -0.3 is 21.9 Å². The second-order valence-electron chi connectivity index (χ2n) is 7.14. The van der Waals surface area contributed by atoms with Crippen molar-refractivity contribution in [3.63, 3.8) is 0 Å². The van der Waals surface area contributed by atoms with Crippen LogP contribution in [0.4, 0.5) is 17.6 Å². The molecule has 0 spiro atoms. The van der Waals surface area contributed by atoms with Crippen LogP contribution in [0.15, 0.2) is 45.9 Å². The first kappa shape index (κ1) is 25.5. The molecule has 0 saturated heterocycles. The van der Waals surface area contributed by atoms with Gasteiger partial charge in [0.25, 0.3) is 0 Å². The number of thioether (sulfide) groups is 1. The molecule has 2 aromatic rings. The normalized spacial score (nSPS) is 13.3. The molecule has 1 heterocycles. The van der Waals surface area contributed by atoms with Gasteiger partial charge in [-0.2, -0.15) is 13.2 Å². The number of benzene rings is 1. The van der Waals surface area contributed by atoms with E-state index in [1.807, 2.05) is 5.38 Å². The van der Waals surface area contributed by atoms with E-state index in [1.165, 1.54) is 23.5 Å². The van der Waals surface area contributed by atoms with Crippen LogP contribution in [0.3, 0.4) is 0 Å². The summed E-state index contributed by atoms with van der Waals surface area (Å²) in [5.74, 6) is -1.80. The summed E-state index contributed by atoms with van der Waals surface area (Å²) in [7, 11) is 0. The highest BCUT2D eigenvalue weighted by molar-refractivity contribution is 8.02. The third kappa shape index (κ3) is 7.16. The van der Waals surface area contributed by atoms with Gasteiger partial charge >= 0.3 is 12.1 Å². The summed E-state index contributed by atoms with van der Waals surface area (Å²) in [5, 5.41) is 13.9. The summed E-state index contributed by atoms with van der Waals surface area (Å²) in [6.07, 6.45) is -1.45. The summed E-state index contributed by atoms with van der Waals surface area (Å²) in [5.41, 5.74) is 11.0. The molecule has 0 unspecified atom stereocenters. The number of hydrogen-bond donors (Lipinski definition) is 4. The summed E-state index contributed by atoms with van der Waals surface area (Å²) in [4.78, 5) is 15.6. The Morgan fingerprint density at radius 1 is 1.28 bits per heavy atom. The lowest BCUT2D eigenvalue weighted by Crippen LogP contribution is -2.26. The maximum Gasteiger partial charge on any atom is 0.416 e. The number of aliphatic carboxylic acids is 1. The number of nitrogens with one attached hydrogen (secondary N) is 1. The highest BCUT2D eigenvalue weighted by atomic mass is 32.2. The molecule has 0 aliphatic heterocycles. The first-order chi connectivity index (χ1) is 14.8. The Labute approximate surface area is 190 Å². The fourth-order valence-corrected chi connectivity index (χ4v) is 4.53. The highest BCUT2D eigenvalue weighted by Gasteiger charge is 2.31. The van der Waals surface area contributed by atoms with E-state index in [-0.39, 0.29) is 17.1 Å². The number of aromatic nitrogens is 1. The largest absolute Gasteiger partial charge is 0.480 e. The van der Waals surface area contributed by atoms with Crippen molar-refractivity contribution in [2.24, 2.45) is 11.5 Å². The lowest BCUT2D eigenvalue weighted by Gasteiger charge is -2.15. The van der Waals surface area contributed by atoms with E-state index in [4.69, 9.17) is 11.5 Å². The van der Waals surface area contributed by atoms with Gasteiger partial charge in [0.2, 0.25) is 0 Å². The Morgan fingerprint density at radius 3 is 2.56 bits per heavy atom. The van der Waals surface area contributed by atoms with Gasteiger partial charge in [0, 0.05) is 29.6 Å². The fraction of sp³-hybridized carbons (Fsp3) is 0.300. The summed E-state index contributed by atoms with van der Waals surface area (Å²) < 4.78 is 51.5. The Morgan fingerprint density at radius 2 is 1.97 bits per heavy atom. The molecule has 2 rings (SSSR count). The van der Waals surface area contributed by atoms with Crippen LogP contribution in [0.1, 0.15) is 30.7 Å². The number of rotatable bonds is 9. The van der Waals surface area contributed by atoms with Gasteiger partial charge in [-0.25, -0.2) is 9.37 Å². The molecule has 6 nitrogen and oxygen atoms in total. The number of allylic oxidation sites excluding steroid dienone is 2. The zero-order valence-corrected chi connectivity index (χ0v) is 18.8. The monoisotopic (exact) mass is 490 g/mol. The van der Waals surface area contributed by atoms with Crippen LogP contribution in [-0.2, 0) is 17.4 Å². The zero-order valence-electron chi connectivity index (χ0n) is 17.2. The molecule has 0 amide bonds. The lowest BCUT2D eigenvalue weighted by atomic mass is 10.1. The molecule has 174 valence electrons. The van der Waals surface area contributed by atoms with Crippen molar-refractivity contribution in [1.82, 2.24) is 10.3 Å². The average Bonchev–Trinajstić information content (AvgIpc) is 3.11. The number of carboxylic acids is 1.